The first-order valence-corrected chi connectivity index (χ1v) is 7.17. The molecule has 0 amide bonds. The Morgan fingerprint density at radius 1 is 1.05 bits per heavy atom. The summed E-state index contributed by atoms with van der Waals surface area (Å²) in [6.45, 7) is 2.17. The Morgan fingerprint density at radius 2 is 1.75 bits per heavy atom. The van der Waals surface area contributed by atoms with Gasteiger partial charge in [0.2, 0.25) is 5.95 Å². The van der Waals surface area contributed by atoms with Crippen molar-refractivity contribution in [2.24, 2.45) is 0 Å². The molecular weight excluding hydrogens is 272 g/mol. The van der Waals surface area contributed by atoms with Crippen molar-refractivity contribution >= 4 is 23.4 Å². The van der Waals surface area contributed by atoms with Gasteiger partial charge in [-0.3, -0.25) is 0 Å². The molecule has 1 aromatic heterocycles. The minimum Gasteiger partial charge on any atom is -0.383 e. The first kappa shape index (κ1) is 14.6. The van der Waals surface area contributed by atoms with Crippen molar-refractivity contribution < 1.29 is 0 Å². The standard InChI is InChI=1S/C15H19ClN4/c1-2-3-4-5-12-13(14(17)20-15(18)19-12)10-6-8-11(16)9-7-10/h6-9H,2-5H2,1H3,(H4,17,18,19,20). The van der Waals surface area contributed by atoms with Gasteiger partial charge in [0, 0.05) is 10.6 Å². The topological polar surface area (TPSA) is 77.8 Å². The van der Waals surface area contributed by atoms with E-state index in [1.54, 1.807) is 0 Å². The number of nitrogens with zero attached hydrogens (tertiary/aromatic N) is 2. The number of nitrogens with two attached hydrogens (primary N) is 2. The highest BCUT2D eigenvalue weighted by molar-refractivity contribution is 6.30. The third-order valence-corrected chi connectivity index (χ3v) is 3.43. The maximum atomic E-state index is 6.03. The van der Waals surface area contributed by atoms with Crippen LogP contribution in [0.2, 0.25) is 5.02 Å². The van der Waals surface area contributed by atoms with E-state index < -0.39 is 0 Å². The summed E-state index contributed by atoms with van der Waals surface area (Å²) >= 11 is 5.92. The number of hydrogen-bond acceptors (Lipinski definition) is 4. The molecule has 106 valence electrons. The molecule has 20 heavy (non-hydrogen) atoms. The SMILES string of the molecule is CCCCCc1nc(N)nc(N)c1-c1ccc(Cl)cc1. The van der Waals surface area contributed by atoms with Crippen LogP contribution in [0.1, 0.15) is 31.9 Å². The van der Waals surface area contributed by atoms with Crippen LogP contribution in [0.4, 0.5) is 11.8 Å². The van der Waals surface area contributed by atoms with Gasteiger partial charge in [0.15, 0.2) is 0 Å². The van der Waals surface area contributed by atoms with Gasteiger partial charge in [-0.05, 0) is 30.5 Å². The quantitative estimate of drug-likeness (QED) is 0.823. The summed E-state index contributed by atoms with van der Waals surface area (Å²) in [5, 5.41) is 0.691. The summed E-state index contributed by atoms with van der Waals surface area (Å²) in [7, 11) is 0. The van der Waals surface area contributed by atoms with Gasteiger partial charge in [-0.25, -0.2) is 4.98 Å². The summed E-state index contributed by atoms with van der Waals surface area (Å²) in [6, 6.07) is 7.53. The molecule has 0 radical (unpaired) electrons. The number of aromatic nitrogens is 2. The third-order valence-electron chi connectivity index (χ3n) is 3.18. The van der Waals surface area contributed by atoms with E-state index in [0.29, 0.717) is 10.8 Å². The summed E-state index contributed by atoms with van der Waals surface area (Å²) < 4.78 is 0. The first-order chi connectivity index (χ1) is 9.61. The molecule has 2 aromatic rings. The van der Waals surface area contributed by atoms with Gasteiger partial charge in [0.1, 0.15) is 5.82 Å². The average molecular weight is 291 g/mol. The molecule has 0 bridgehead atoms. The Hall–Kier alpha value is -1.81. The lowest BCUT2D eigenvalue weighted by Gasteiger charge is -2.12. The van der Waals surface area contributed by atoms with Gasteiger partial charge in [0.05, 0.1) is 5.69 Å². The first-order valence-electron chi connectivity index (χ1n) is 6.79. The average Bonchev–Trinajstić information content (AvgIpc) is 2.40. The Kier molecular flexibility index (Phi) is 4.79. The van der Waals surface area contributed by atoms with Crippen molar-refractivity contribution in [3.8, 4) is 11.1 Å². The zero-order valence-corrected chi connectivity index (χ0v) is 12.3. The van der Waals surface area contributed by atoms with Gasteiger partial charge >= 0.3 is 0 Å². The number of hydrogen-bond donors (Lipinski definition) is 2. The van der Waals surface area contributed by atoms with E-state index >= 15 is 0 Å². The van der Waals surface area contributed by atoms with Crippen molar-refractivity contribution in [2.45, 2.75) is 32.6 Å². The van der Waals surface area contributed by atoms with Crippen molar-refractivity contribution in [1.29, 1.82) is 0 Å². The van der Waals surface area contributed by atoms with Crippen LogP contribution in [0.15, 0.2) is 24.3 Å². The second-order valence-corrected chi connectivity index (χ2v) is 5.19. The highest BCUT2D eigenvalue weighted by Crippen LogP contribution is 2.30. The van der Waals surface area contributed by atoms with Crippen molar-refractivity contribution in [3.05, 3.63) is 35.0 Å². The van der Waals surface area contributed by atoms with Crippen molar-refractivity contribution in [2.75, 3.05) is 11.5 Å². The van der Waals surface area contributed by atoms with Crippen LogP contribution in [0, 0.1) is 0 Å². The van der Waals surface area contributed by atoms with E-state index in [4.69, 9.17) is 23.1 Å². The van der Waals surface area contributed by atoms with E-state index in [2.05, 4.69) is 16.9 Å². The minimum absolute atomic E-state index is 0.228. The molecule has 5 heteroatoms. The number of anilines is 2. The smallest absolute Gasteiger partial charge is 0.222 e. The summed E-state index contributed by atoms with van der Waals surface area (Å²) in [5.41, 5.74) is 14.5. The predicted molar refractivity (Wildman–Crippen MR) is 84.5 cm³/mol. The Labute approximate surface area is 124 Å². The fourth-order valence-corrected chi connectivity index (χ4v) is 2.33. The molecule has 2 rings (SSSR count). The maximum absolute atomic E-state index is 6.03. The van der Waals surface area contributed by atoms with Crippen LogP contribution < -0.4 is 11.5 Å². The van der Waals surface area contributed by atoms with Crippen LogP contribution in [0.3, 0.4) is 0 Å². The number of halogens is 1. The lowest BCUT2D eigenvalue weighted by atomic mass is 10.0. The fourth-order valence-electron chi connectivity index (χ4n) is 2.20. The second kappa shape index (κ2) is 6.57. The van der Waals surface area contributed by atoms with Gasteiger partial charge < -0.3 is 11.5 Å². The molecule has 0 aliphatic rings. The third kappa shape index (κ3) is 3.39. The number of nitrogen functional groups attached to an aromatic ring is 2. The molecule has 1 aromatic carbocycles. The molecule has 0 aliphatic heterocycles. The predicted octanol–water partition coefficient (Wildman–Crippen LogP) is 3.69. The van der Waals surface area contributed by atoms with Crippen LogP contribution in [0.5, 0.6) is 0 Å². The Morgan fingerprint density at radius 3 is 2.40 bits per heavy atom. The Bertz CT molecular complexity index is 581. The largest absolute Gasteiger partial charge is 0.383 e. The zero-order valence-electron chi connectivity index (χ0n) is 11.6. The molecular formula is C15H19ClN4. The highest BCUT2D eigenvalue weighted by Gasteiger charge is 2.13. The molecule has 0 unspecified atom stereocenters. The van der Waals surface area contributed by atoms with Crippen molar-refractivity contribution in [3.63, 3.8) is 0 Å². The maximum Gasteiger partial charge on any atom is 0.222 e. The Balaban J connectivity index is 2.41. The minimum atomic E-state index is 0.228. The summed E-state index contributed by atoms with van der Waals surface area (Å²) in [5.74, 6) is 0.651. The molecule has 0 fully saturated rings. The zero-order chi connectivity index (χ0) is 14.5. The van der Waals surface area contributed by atoms with Crippen LogP contribution in [-0.4, -0.2) is 9.97 Å². The van der Waals surface area contributed by atoms with E-state index in [1.807, 2.05) is 24.3 Å². The second-order valence-electron chi connectivity index (χ2n) is 4.75. The van der Waals surface area contributed by atoms with Crippen molar-refractivity contribution in [1.82, 2.24) is 9.97 Å². The molecule has 0 saturated heterocycles. The molecule has 0 saturated carbocycles. The summed E-state index contributed by atoms with van der Waals surface area (Å²) in [6.07, 6.45) is 4.23. The van der Waals surface area contributed by atoms with Gasteiger partial charge in [0.25, 0.3) is 0 Å². The van der Waals surface area contributed by atoms with Crippen LogP contribution in [0.25, 0.3) is 11.1 Å². The fraction of sp³-hybridized carbons (Fsp3) is 0.333. The normalized spacial score (nSPS) is 10.7. The molecule has 0 spiro atoms. The van der Waals surface area contributed by atoms with Crippen LogP contribution in [-0.2, 0) is 6.42 Å². The van der Waals surface area contributed by atoms with Gasteiger partial charge in [-0.15, -0.1) is 0 Å². The van der Waals surface area contributed by atoms with Gasteiger partial charge in [-0.1, -0.05) is 43.5 Å². The van der Waals surface area contributed by atoms with Gasteiger partial charge in [-0.2, -0.15) is 4.98 Å². The van der Waals surface area contributed by atoms with E-state index in [0.717, 1.165) is 42.5 Å². The lowest BCUT2D eigenvalue weighted by Crippen LogP contribution is -2.07. The number of benzene rings is 1. The molecule has 4 N–H and O–H groups in total. The molecule has 4 nitrogen and oxygen atoms in total. The number of unbranched alkanes of at least 4 members (excludes halogenated alkanes) is 2. The highest BCUT2D eigenvalue weighted by atomic mass is 35.5. The monoisotopic (exact) mass is 290 g/mol. The summed E-state index contributed by atoms with van der Waals surface area (Å²) in [4.78, 5) is 8.43. The molecule has 1 heterocycles. The lowest BCUT2D eigenvalue weighted by molar-refractivity contribution is 0.708. The number of aryl methyl sites for hydroxylation is 1. The molecule has 0 atom stereocenters. The van der Waals surface area contributed by atoms with Crippen LogP contribution >= 0.6 is 11.6 Å². The number of rotatable bonds is 5. The molecule has 0 aliphatic carbocycles. The van der Waals surface area contributed by atoms with E-state index in [-0.39, 0.29) is 5.95 Å². The van der Waals surface area contributed by atoms with E-state index in [9.17, 15) is 0 Å². The van der Waals surface area contributed by atoms with E-state index in [1.165, 1.54) is 0 Å².